The second-order valence-corrected chi connectivity index (χ2v) is 6.40. The minimum absolute atomic E-state index is 0.273. The van der Waals surface area contributed by atoms with Crippen LogP contribution in [0.15, 0.2) is 77.6 Å². The van der Waals surface area contributed by atoms with Crippen molar-refractivity contribution in [2.75, 3.05) is 0 Å². The van der Waals surface area contributed by atoms with E-state index in [0.29, 0.717) is 22.6 Å². The van der Waals surface area contributed by atoms with Crippen LogP contribution in [0.5, 0.6) is 0 Å². The topological polar surface area (TPSA) is 89.3 Å². The molecule has 1 N–H and O–H groups in total. The van der Waals surface area contributed by atoms with E-state index in [1.807, 2.05) is 36.4 Å². The average Bonchev–Trinajstić information content (AvgIpc) is 3.30. The number of fused-ring (bicyclic) bond motifs is 1. The molecule has 5 rings (SSSR count). The molecule has 5 aromatic rings. The fourth-order valence-corrected chi connectivity index (χ4v) is 3.25. The maximum absolute atomic E-state index is 13.4. The number of aromatic nitrogens is 6. The van der Waals surface area contributed by atoms with E-state index in [1.165, 1.54) is 28.9 Å². The molecule has 0 aliphatic rings. The summed E-state index contributed by atoms with van der Waals surface area (Å²) in [5.41, 5.74) is 2.39. The maximum Gasteiger partial charge on any atom is 0.279 e. The normalized spacial score (nSPS) is 11.1. The van der Waals surface area contributed by atoms with Crippen molar-refractivity contribution in [3.8, 4) is 28.3 Å². The van der Waals surface area contributed by atoms with Crippen molar-refractivity contribution >= 4 is 10.8 Å². The van der Waals surface area contributed by atoms with Gasteiger partial charge in [-0.3, -0.25) is 4.79 Å². The van der Waals surface area contributed by atoms with E-state index in [1.54, 1.807) is 12.1 Å². The predicted molar refractivity (Wildman–Crippen MR) is 106 cm³/mol. The van der Waals surface area contributed by atoms with E-state index in [-0.39, 0.29) is 11.4 Å². The predicted octanol–water partition coefficient (Wildman–Crippen LogP) is 3.37. The zero-order chi connectivity index (χ0) is 19.8. The number of benzene rings is 3. The first-order valence-corrected chi connectivity index (χ1v) is 8.83. The van der Waals surface area contributed by atoms with Crippen molar-refractivity contribution in [2.24, 2.45) is 0 Å². The molecule has 29 heavy (non-hydrogen) atoms. The number of nitrogens with one attached hydrogen (secondary N) is 1. The zero-order valence-corrected chi connectivity index (χ0v) is 15.0. The SMILES string of the molecule is O=c1c2ccccc2c(-c2cccc(-c3nn[nH]n3)c2)nn1-c1ccc(F)cc1. The quantitative estimate of drug-likeness (QED) is 0.515. The third-order valence-corrected chi connectivity index (χ3v) is 4.62. The summed E-state index contributed by atoms with van der Waals surface area (Å²) in [6.07, 6.45) is 0. The van der Waals surface area contributed by atoms with Gasteiger partial charge in [0, 0.05) is 16.5 Å². The molecule has 0 radical (unpaired) electrons. The molecule has 2 heterocycles. The second kappa shape index (κ2) is 6.75. The Bertz CT molecular complexity index is 1380. The van der Waals surface area contributed by atoms with Crippen LogP contribution in [0.3, 0.4) is 0 Å². The van der Waals surface area contributed by atoms with Crippen molar-refractivity contribution in [3.05, 3.63) is 89.0 Å². The Balaban J connectivity index is 1.78. The monoisotopic (exact) mass is 384 g/mol. The minimum Gasteiger partial charge on any atom is -0.267 e. The number of H-pyrrole nitrogens is 1. The highest BCUT2D eigenvalue weighted by Gasteiger charge is 2.14. The van der Waals surface area contributed by atoms with Gasteiger partial charge in [0.25, 0.3) is 5.56 Å². The lowest BCUT2D eigenvalue weighted by molar-refractivity contribution is 0.626. The van der Waals surface area contributed by atoms with Crippen molar-refractivity contribution < 1.29 is 4.39 Å². The van der Waals surface area contributed by atoms with E-state index < -0.39 is 0 Å². The molecule has 0 saturated heterocycles. The number of tetrazole rings is 1. The van der Waals surface area contributed by atoms with Crippen LogP contribution in [-0.2, 0) is 0 Å². The Hall–Kier alpha value is -4.20. The first-order valence-electron chi connectivity index (χ1n) is 8.83. The van der Waals surface area contributed by atoms with E-state index in [9.17, 15) is 9.18 Å². The summed E-state index contributed by atoms with van der Waals surface area (Å²) in [5.74, 6) is 0.0821. The molecule has 7 nitrogen and oxygen atoms in total. The van der Waals surface area contributed by atoms with Crippen LogP contribution in [0.4, 0.5) is 4.39 Å². The fraction of sp³-hybridized carbons (Fsp3) is 0. The summed E-state index contributed by atoms with van der Waals surface area (Å²) in [6, 6.07) is 20.5. The van der Waals surface area contributed by atoms with Crippen LogP contribution in [-0.4, -0.2) is 30.4 Å². The molecule has 0 aliphatic carbocycles. The van der Waals surface area contributed by atoms with E-state index in [0.717, 1.165) is 16.5 Å². The van der Waals surface area contributed by atoms with Crippen LogP contribution in [0.25, 0.3) is 39.1 Å². The van der Waals surface area contributed by atoms with Gasteiger partial charge in [-0.25, -0.2) is 4.39 Å². The van der Waals surface area contributed by atoms with Gasteiger partial charge in [0.1, 0.15) is 5.82 Å². The summed E-state index contributed by atoms with van der Waals surface area (Å²) in [5, 5.41) is 19.9. The van der Waals surface area contributed by atoms with Gasteiger partial charge in [-0.15, -0.1) is 10.2 Å². The Morgan fingerprint density at radius 3 is 2.38 bits per heavy atom. The van der Waals surface area contributed by atoms with Crippen LogP contribution in [0.2, 0.25) is 0 Å². The molecule has 2 aromatic heterocycles. The number of rotatable bonds is 3. The molecule has 0 aliphatic heterocycles. The van der Waals surface area contributed by atoms with E-state index in [2.05, 4.69) is 25.7 Å². The van der Waals surface area contributed by atoms with Gasteiger partial charge in [0.15, 0.2) is 0 Å². The Kier molecular flexibility index (Phi) is 3.94. The highest BCUT2D eigenvalue weighted by Crippen LogP contribution is 2.28. The lowest BCUT2D eigenvalue weighted by atomic mass is 10.0. The van der Waals surface area contributed by atoms with Crippen LogP contribution in [0.1, 0.15) is 0 Å². The third kappa shape index (κ3) is 2.96. The summed E-state index contributed by atoms with van der Waals surface area (Å²) in [6.45, 7) is 0. The molecular formula is C21H13FN6O. The summed E-state index contributed by atoms with van der Waals surface area (Å²) >= 11 is 0. The Morgan fingerprint density at radius 2 is 1.62 bits per heavy atom. The molecule has 0 atom stereocenters. The molecule has 0 saturated carbocycles. The molecule has 0 unspecified atom stereocenters. The minimum atomic E-state index is -0.379. The third-order valence-electron chi connectivity index (χ3n) is 4.62. The number of hydrogen-bond donors (Lipinski definition) is 1. The summed E-state index contributed by atoms with van der Waals surface area (Å²) in [7, 11) is 0. The van der Waals surface area contributed by atoms with Gasteiger partial charge in [0.2, 0.25) is 5.82 Å². The lowest BCUT2D eigenvalue weighted by Gasteiger charge is -2.12. The largest absolute Gasteiger partial charge is 0.279 e. The molecule has 0 bridgehead atoms. The smallest absolute Gasteiger partial charge is 0.267 e. The number of nitrogens with zero attached hydrogens (tertiary/aromatic N) is 5. The van der Waals surface area contributed by atoms with Gasteiger partial charge in [-0.1, -0.05) is 36.4 Å². The first-order chi connectivity index (χ1) is 14.2. The van der Waals surface area contributed by atoms with Crippen LogP contribution < -0.4 is 5.56 Å². The number of hydrogen-bond acceptors (Lipinski definition) is 5. The van der Waals surface area contributed by atoms with Gasteiger partial charge in [0.05, 0.1) is 16.8 Å². The summed E-state index contributed by atoms with van der Waals surface area (Å²) < 4.78 is 14.6. The molecule has 3 aromatic carbocycles. The highest BCUT2D eigenvalue weighted by molar-refractivity contribution is 5.94. The molecular weight excluding hydrogens is 371 g/mol. The zero-order valence-electron chi connectivity index (χ0n) is 15.0. The van der Waals surface area contributed by atoms with Crippen LogP contribution in [0, 0.1) is 5.82 Å². The Labute approximate surface area is 163 Å². The molecule has 8 heteroatoms. The van der Waals surface area contributed by atoms with Gasteiger partial charge < -0.3 is 0 Å². The van der Waals surface area contributed by atoms with Gasteiger partial charge >= 0.3 is 0 Å². The molecule has 0 amide bonds. The Morgan fingerprint density at radius 1 is 0.862 bits per heavy atom. The van der Waals surface area contributed by atoms with E-state index >= 15 is 0 Å². The molecule has 140 valence electrons. The molecule has 0 fully saturated rings. The van der Waals surface area contributed by atoms with Crippen molar-refractivity contribution in [3.63, 3.8) is 0 Å². The molecule has 0 spiro atoms. The van der Waals surface area contributed by atoms with Crippen LogP contribution >= 0.6 is 0 Å². The van der Waals surface area contributed by atoms with E-state index in [4.69, 9.17) is 0 Å². The fourth-order valence-electron chi connectivity index (χ4n) is 3.25. The number of halogens is 1. The van der Waals surface area contributed by atoms with Gasteiger partial charge in [-0.05, 0) is 41.6 Å². The van der Waals surface area contributed by atoms with Crippen molar-refractivity contribution in [1.82, 2.24) is 30.4 Å². The highest BCUT2D eigenvalue weighted by atomic mass is 19.1. The average molecular weight is 384 g/mol. The standard InChI is InChI=1S/C21H13FN6O/c22-15-8-10-16(11-9-15)28-21(29)18-7-2-1-6-17(18)19(25-28)13-4-3-5-14(12-13)20-23-26-27-24-20/h1-12H,(H,23,24,26,27). The van der Waals surface area contributed by atoms with Crippen molar-refractivity contribution in [2.45, 2.75) is 0 Å². The number of aromatic amines is 1. The first kappa shape index (κ1) is 16.9. The lowest BCUT2D eigenvalue weighted by Crippen LogP contribution is -2.22. The second-order valence-electron chi connectivity index (χ2n) is 6.40. The van der Waals surface area contributed by atoms with Gasteiger partial charge in [-0.2, -0.15) is 15.0 Å². The maximum atomic E-state index is 13.4. The van der Waals surface area contributed by atoms with Crippen molar-refractivity contribution in [1.29, 1.82) is 0 Å². The summed E-state index contributed by atoms with van der Waals surface area (Å²) in [4.78, 5) is 13.0.